The van der Waals surface area contributed by atoms with E-state index in [2.05, 4.69) is 11.4 Å². The van der Waals surface area contributed by atoms with Gasteiger partial charge in [-0.05, 0) is 56.9 Å². The van der Waals surface area contributed by atoms with E-state index >= 15 is 0 Å². The number of hydrogen-bond acceptors (Lipinski definition) is 3. The molecule has 2 amide bonds. The highest BCUT2D eigenvalue weighted by Gasteiger charge is 2.28. The van der Waals surface area contributed by atoms with Crippen molar-refractivity contribution < 1.29 is 14.3 Å². The topological polar surface area (TPSA) is 58.6 Å². The Labute approximate surface area is 185 Å². The van der Waals surface area contributed by atoms with E-state index in [0.29, 0.717) is 6.54 Å². The number of hydrogen-bond donors (Lipinski definition) is 1. The van der Waals surface area contributed by atoms with E-state index in [1.165, 1.54) is 0 Å². The van der Waals surface area contributed by atoms with Crippen molar-refractivity contribution in [3.63, 3.8) is 0 Å². The summed E-state index contributed by atoms with van der Waals surface area (Å²) in [5, 5.41) is 3.15. The van der Waals surface area contributed by atoms with E-state index in [4.69, 9.17) is 4.74 Å². The van der Waals surface area contributed by atoms with Gasteiger partial charge in [0.25, 0.3) is 0 Å². The summed E-state index contributed by atoms with van der Waals surface area (Å²) in [6, 6.07) is 13.5. The van der Waals surface area contributed by atoms with Crippen molar-refractivity contribution in [3.05, 3.63) is 64.7 Å². The summed E-state index contributed by atoms with van der Waals surface area (Å²) in [6.45, 7) is 6.28. The van der Waals surface area contributed by atoms with E-state index < -0.39 is 6.04 Å². The molecule has 1 aliphatic rings. The van der Waals surface area contributed by atoms with Crippen LogP contribution in [0, 0.1) is 13.8 Å². The molecule has 0 spiro atoms. The first kappa shape index (κ1) is 22.9. The number of nitrogens with one attached hydrogen (secondary N) is 1. The Morgan fingerprint density at radius 2 is 1.65 bits per heavy atom. The summed E-state index contributed by atoms with van der Waals surface area (Å²) in [5.41, 5.74) is 4.22. The Kier molecular flexibility index (Phi) is 7.72. The highest BCUT2D eigenvalue weighted by molar-refractivity contribution is 5.88. The van der Waals surface area contributed by atoms with Gasteiger partial charge in [0.15, 0.2) is 0 Å². The molecule has 1 saturated carbocycles. The highest BCUT2D eigenvalue weighted by atomic mass is 16.5. The van der Waals surface area contributed by atoms with Gasteiger partial charge in [0.1, 0.15) is 11.8 Å². The SMILES string of the molecule is COc1ccc(CN(C(=O)Cc2cc(C)cc(C)c2)C(C)C(=O)NC2CCCC2)cc1. The maximum absolute atomic E-state index is 13.4. The van der Waals surface area contributed by atoms with Gasteiger partial charge in [-0.25, -0.2) is 0 Å². The molecule has 1 aliphatic carbocycles. The number of rotatable bonds is 8. The van der Waals surface area contributed by atoms with Crippen molar-refractivity contribution in [3.8, 4) is 5.75 Å². The molecular weight excluding hydrogens is 388 g/mol. The van der Waals surface area contributed by atoms with Crippen LogP contribution in [0.15, 0.2) is 42.5 Å². The fraction of sp³-hybridized carbons (Fsp3) is 0.462. The molecule has 166 valence electrons. The average Bonchev–Trinajstić information content (AvgIpc) is 3.24. The molecule has 0 aromatic heterocycles. The Morgan fingerprint density at radius 1 is 1.03 bits per heavy atom. The van der Waals surface area contributed by atoms with E-state index in [1.54, 1.807) is 12.0 Å². The van der Waals surface area contributed by atoms with E-state index in [-0.39, 0.29) is 24.3 Å². The van der Waals surface area contributed by atoms with Crippen molar-refractivity contribution in [2.45, 2.75) is 71.5 Å². The van der Waals surface area contributed by atoms with Crippen LogP contribution in [0.1, 0.15) is 54.9 Å². The lowest BCUT2D eigenvalue weighted by Crippen LogP contribution is -2.50. The molecule has 1 atom stereocenters. The number of amides is 2. The van der Waals surface area contributed by atoms with Gasteiger partial charge in [-0.2, -0.15) is 0 Å². The van der Waals surface area contributed by atoms with Crippen LogP contribution >= 0.6 is 0 Å². The third-order valence-electron chi connectivity index (χ3n) is 6.02. The number of methoxy groups -OCH3 is 1. The second kappa shape index (κ2) is 10.5. The van der Waals surface area contributed by atoms with E-state index in [9.17, 15) is 9.59 Å². The lowest BCUT2D eigenvalue weighted by Gasteiger charge is -2.30. The maximum atomic E-state index is 13.4. The third kappa shape index (κ3) is 6.33. The molecular formula is C26H34N2O3. The lowest BCUT2D eigenvalue weighted by molar-refractivity contribution is -0.140. The minimum atomic E-state index is -0.541. The summed E-state index contributed by atoms with van der Waals surface area (Å²) >= 11 is 0. The number of aryl methyl sites for hydroxylation is 2. The Hall–Kier alpha value is -2.82. The zero-order valence-corrected chi connectivity index (χ0v) is 19.1. The van der Waals surface area contributed by atoms with Gasteiger partial charge < -0.3 is 15.0 Å². The molecule has 2 aromatic rings. The lowest BCUT2D eigenvalue weighted by atomic mass is 10.0. The number of nitrogens with zero attached hydrogens (tertiary/aromatic N) is 1. The first-order chi connectivity index (χ1) is 14.9. The van der Waals surface area contributed by atoms with Gasteiger partial charge in [0.2, 0.25) is 11.8 Å². The predicted molar refractivity (Wildman–Crippen MR) is 123 cm³/mol. The standard InChI is InChI=1S/C26H34N2O3/c1-18-13-19(2)15-22(14-18)16-25(29)28(17-21-9-11-24(31-4)12-10-21)20(3)26(30)27-23-7-5-6-8-23/h9-15,20,23H,5-8,16-17H2,1-4H3,(H,27,30). The fourth-order valence-electron chi connectivity index (χ4n) is 4.35. The van der Waals surface area contributed by atoms with Crippen LogP contribution in [0.5, 0.6) is 5.75 Å². The van der Waals surface area contributed by atoms with Crippen LogP contribution in [0.25, 0.3) is 0 Å². The van der Waals surface area contributed by atoms with Crippen molar-refractivity contribution in [1.29, 1.82) is 0 Å². The monoisotopic (exact) mass is 422 g/mol. The Balaban J connectivity index is 1.78. The highest BCUT2D eigenvalue weighted by Crippen LogP contribution is 2.20. The minimum absolute atomic E-state index is 0.0464. The third-order valence-corrected chi connectivity index (χ3v) is 6.02. The van der Waals surface area contributed by atoms with E-state index in [1.807, 2.05) is 57.2 Å². The smallest absolute Gasteiger partial charge is 0.242 e. The molecule has 0 aliphatic heterocycles. The number of benzene rings is 2. The van der Waals surface area contributed by atoms with Crippen LogP contribution in [0.2, 0.25) is 0 Å². The molecule has 0 heterocycles. The normalized spacial score (nSPS) is 14.8. The minimum Gasteiger partial charge on any atom is -0.497 e. The fourth-order valence-corrected chi connectivity index (χ4v) is 4.35. The molecule has 2 aromatic carbocycles. The molecule has 0 bridgehead atoms. The van der Waals surface area contributed by atoms with Crippen molar-refractivity contribution >= 4 is 11.8 Å². The van der Waals surface area contributed by atoms with Gasteiger partial charge in [-0.1, -0.05) is 54.3 Å². The summed E-state index contributed by atoms with van der Waals surface area (Å²) in [5.74, 6) is 0.646. The zero-order chi connectivity index (χ0) is 22.4. The van der Waals surface area contributed by atoms with Gasteiger partial charge in [0.05, 0.1) is 13.5 Å². The van der Waals surface area contributed by atoms with Gasteiger partial charge in [-0.3, -0.25) is 9.59 Å². The van der Waals surface area contributed by atoms with Crippen LogP contribution in [-0.2, 0) is 22.6 Å². The Morgan fingerprint density at radius 3 is 2.23 bits per heavy atom. The second-order valence-electron chi connectivity index (χ2n) is 8.71. The van der Waals surface area contributed by atoms with E-state index in [0.717, 1.165) is 53.7 Å². The number of carbonyl (C=O) groups is 2. The van der Waals surface area contributed by atoms with Crippen molar-refractivity contribution in [2.75, 3.05) is 7.11 Å². The Bertz CT molecular complexity index is 881. The summed E-state index contributed by atoms with van der Waals surface area (Å²) in [4.78, 5) is 28.0. The quantitative estimate of drug-likeness (QED) is 0.689. The molecule has 0 radical (unpaired) electrons. The number of carbonyl (C=O) groups excluding carboxylic acids is 2. The van der Waals surface area contributed by atoms with Crippen LogP contribution in [-0.4, -0.2) is 35.9 Å². The van der Waals surface area contributed by atoms with Crippen LogP contribution in [0.4, 0.5) is 0 Å². The zero-order valence-electron chi connectivity index (χ0n) is 19.1. The molecule has 5 heteroatoms. The van der Waals surface area contributed by atoms with Gasteiger partial charge in [0, 0.05) is 12.6 Å². The molecule has 5 nitrogen and oxygen atoms in total. The maximum Gasteiger partial charge on any atom is 0.242 e. The van der Waals surface area contributed by atoms with Gasteiger partial charge >= 0.3 is 0 Å². The molecule has 31 heavy (non-hydrogen) atoms. The molecule has 1 fully saturated rings. The second-order valence-corrected chi connectivity index (χ2v) is 8.71. The predicted octanol–water partition coefficient (Wildman–Crippen LogP) is 4.33. The molecule has 0 saturated heterocycles. The van der Waals surface area contributed by atoms with Crippen LogP contribution in [0.3, 0.4) is 0 Å². The van der Waals surface area contributed by atoms with Crippen LogP contribution < -0.4 is 10.1 Å². The summed E-state index contributed by atoms with van der Waals surface area (Å²) in [6.07, 6.45) is 4.63. The van der Waals surface area contributed by atoms with Crippen molar-refractivity contribution in [1.82, 2.24) is 10.2 Å². The average molecular weight is 423 g/mol. The number of ether oxygens (including phenoxy) is 1. The molecule has 1 unspecified atom stereocenters. The molecule has 3 rings (SSSR count). The largest absolute Gasteiger partial charge is 0.497 e. The summed E-state index contributed by atoms with van der Waals surface area (Å²) in [7, 11) is 1.63. The van der Waals surface area contributed by atoms with Gasteiger partial charge in [-0.15, -0.1) is 0 Å². The first-order valence-corrected chi connectivity index (χ1v) is 11.2. The first-order valence-electron chi connectivity index (χ1n) is 11.2. The molecule has 1 N–H and O–H groups in total. The summed E-state index contributed by atoms with van der Waals surface area (Å²) < 4.78 is 5.24. The van der Waals surface area contributed by atoms with Crippen molar-refractivity contribution in [2.24, 2.45) is 0 Å².